The predicted octanol–water partition coefficient (Wildman–Crippen LogP) is 3.14. The number of hydrogen-bond acceptors (Lipinski definition) is 4. The van der Waals surface area contributed by atoms with Gasteiger partial charge in [0.1, 0.15) is 5.75 Å². The number of hydrogen-bond donors (Lipinski definition) is 0. The van der Waals surface area contributed by atoms with Crippen LogP contribution in [0.15, 0.2) is 12.1 Å². The number of benzene rings is 1. The van der Waals surface area contributed by atoms with Gasteiger partial charge in [0.15, 0.2) is 12.4 Å². The van der Waals surface area contributed by atoms with Crippen LogP contribution in [-0.2, 0) is 9.53 Å². The van der Waals surface area contributed by atoms with Crippen LogP contribution < -0.4 is 4.74 Å². The average molecular weight is 291 g/mol. The summed E-state index contributed by atoms with van der Waals surface area (Å²) in [4.78, 5) is 22.6. The van der Waals surface area contributed by atoms with Crippen LogP contribution in [0.1, 0.15) is 24.2 Å². The van der Waals surface area contributed by atoms with Crippen molar-refractivity contribution in [2.24, 2.45) is 0 Å². The van der Waals surface area contributed by atoms with E-state index in [0.29, 0.717) is 5.02 Å². The van der Waals surface area contributed by atoms with Crippen molar-refractivity contribution in [2.45, 2.75) is 13.8 Å². The number of rotatable bonds is 5. The van der Waals surface area contributed by atoms with Gasteiger partial charge in [0, 0.05) is 5.02 Å². The summed E-state index contributed by atoms with van der Waals surface area (Å²) in [7, 11) is 0. The van der Waals surface area contributed by atoms with Gasteiger partial charge in [0.05, 0.1) is 17.2 Å². The lowest BCUT2D eigenvalue weighted by molar-refractivity contribution is -0.145. The summed E-state index contributed by atoms with van der Waals surface area (Å²) in [5.41, 5.74) is 0.199. The van der Waals surface area contributed by atoms with Gasteiger partial charge in [0.25, 0.3) is 0 Å². The van der Waals surface area contributed by atoms with E-state index in [-0.39, 0.29) is 35.3 Å². The minimum atomic E-state index is -0.525. The second-order valence-corrected chi connectivity index (χ2v) is 4.25. The Hall–Kier alpha value is -1.26. The Morgan fingerprint density at radius 3 is 2.50 bits per heavy atom. The lowest BCUT2D eigenvalue weighted by Gasteiger charge is -2.11. The fourth-order valence-electron chi connectivity index (χ4n) is 1.34. The molecule has 18 heavy (non-hydrogen) atoms. The molecule has 0 unspecified atom stereocenters. The Balaban J connectivity index is 2.93. The first-order valence-electron chi connectivity index (χ1n) is 5.24. The van der Waals surface area contributed by atoms with Crippen LogP contribution in [0.25, 0.3) is 0 Å². The zero-order valence-electron chi connectivity index (χ0n) is 9.96. The highest BCUT2D eigenvalue weighted by Gasteiger charge is 2.16. The molecule has 0 radical (unpaired) electrons. The normalized spacial score (nSPS) is 10.0. The monoisotopic (exact) mass is 290 g/mol. The number of Topliss-reactive ketones (excluding diaryl/α,β-unsaturated/α-hetero) is 1. The molecular formula is C12H12Cl2O4. The maximum Gasteiger partial charge on any atom is 0.344 e. The fraction of sp³-hybridized carbons (Fsp3) is 0.333. The molecular weight excluding hydrogens is 279 g/mol. The molecule has 0 aliphatic heterocycles. The lowest BCUT2D eigenvalue weighted by atomic mass is 10.1. The average Bonchev–Trinajstić information content (AvgIpc) is 2.25. The van der Waals surface area contributed by atoms with Gasteiger partial charge in [-0.25, -0.2) is 4.79 Å². The Morgan fingerprint density at radius 2 is 1.94 bits per heavy atom. The van der Waals surface area contributed by atoms with E-state index >= 15 is 0 Å². The number of esters is 1. The van der Waals surface area contributed by atoms with Crippen LogP contribution in [0.2, 0.25) is 10.0 Å². The van der Waals surface area contributed by atoms with E-state index in [1.165, 1.54) is 19.1 Å². The second-order valence-electron chi connectivity index (χ2n) is 3.41. The topological polar surface area (TPSA) is 52.6 Å². The number of ether oxygens (including phenoxy) is 2. The fourth-order valence-corrected chi connectivity index (χ4v) is 1.95. The van der Waals surface area contributed by atoms with Crippen molar-refractivity contribution in [2.75, 3.05) is 13.2 Å². The van der Waals surface area contributed by atoms with E-state index in [1.54, 1.807) is 6.92 Å². The molecule has 0 N–H and O–H groups in total. The molecule has 0 fully saturated rings. The van der Waals surface area contributed by atoms with Gasteiger partial charge in [-0.15, -0.1) is 0 Å². The highest BCUT2D eigenvalue weighted by molar-refractivity contribution is 6.37. The van der Waals surface area contributed by atoms with Gasteiger partial charge in [-0.2, -0.15) is 0 Å². The van der Waals surface area contributed by atoms with Crippen LogP contribution in [0.3, 0.4) is 0 Å². The molecule has 0 heterocycles. The molecule has 0 aliphatic carbocycles. The van der Waals surface area contributed by atoms with Gasteiger partial charge >= 0.3 is 5.97 Å². The van der Waals surface area contributed by atoms with Crippen molar-refractivity contribution in [1.82, 2.24) is 0 Å². The smallest absolute Gasteiger partial charge is 0.344 e. The molecule has 0 amide bonds. The molecule has 0 saturated carbocycles. The minimum absolute atomic E-state index is 0.174. The van der Waals surface area contributed by atoms with E-state index in [4.69, 9.17) is 32.7 Å². The maximum atomic E-state index is 11.4. The van der Waals surface area contributed by atoms with Crippen molar-refractivity contribution in [1.29, 1.82) is 0 Å². The van der Waals surface area contributed by atoms with Crippen molar-refractivity contribution in [3.63, 3.8) is 0 Å². The SMILES string of the molecule is CCOC(=O)COc1cc(Cl)cc(Cl)c1C(C)=O. The Bertz CT molecular complexity index is 471. The van der Waals surface area contributed by atoms with Gasteiger partial charge in [-0.05, 0) is 26.0 Å². The highest BCUT2D eigenvalue weighted by atomic mass is 35.5. The molecule has 0 aromatic heterocycles. The Morgan fingerprint density at radius 1 is 1.28 bits per heavy atom. The first-order chi connectivity index (χ1) is 8.45. The van der Waals surface area contributed by atoms with E-state index in [0.717, 1.165) is 0 Å². The van der Waals surface area contributed by atoms with E-state index < -0.39 is 5.97 Å². The summed E-state index contributed by atoms with van der Waals surface area (Å²) in [5.74, 6) is -0.619. The third-order valence-corrected chi connectivity index (χ3v) is 2.54. The third-order valence-electron chi connectivity index (χ3n) is 2.02. The lowest BCUT2D eigenvalue weighted by Crippen LogP contribution is -2.15. The minimum Gasteiger partial charge on any atom is -0.481 e. The number of carbonyl (C=O) groups is 2. The molecule has 1 rings (SSSR count). The van der Waals surface area contributed by atoms with Gasteiger partial charge in [-0.1, -0.05) is 23.2 Å². The van der Waals surface area contributed by atoms with E-state index in [2.05, 4.69) is 0 Å². The zero-order chi connectivity index (χ0) is 13.7. The summed E-state index contributed by atoms with van der Waals surface area (Å²) in [6.07, 6.45) is 0. The summed E-state index contributed by atoms with van der Waals surface area (Å²) >= 11 is 11.7. The number of carbonyl (C=O) groups excluding carboxylic acids is 2. The molecule has 0 spiro atoms. The van der Waals surface area contributed by atoms with Crippen molar-refractivity contribution >= 4 is 35.0 Å². The number of halogens is 2. The first kappa shape index (κ1) is 14.8. The largest absolute Gasteiger partial charge is 0.481 e. The van der Waals surface area contributed by atoms with Crippen LogP contribution in [0, 0.1) is 0 Å². The molecule has 0 bridgehead atoms. The molecule has 0 aliphatic rings. The molecule has 98 valence electrons. The second kappa shape index (κ2) is 6.61. The molecule has 4 nitrogen and oxygen atoms in total. The first-order valence-corrected chi connectivity index (χ1v) is 5.99. The molecule has 0 saturated heterocycles. The van der Waals surface area contributed by atoms with Crippen LogP contribution >= 0.6 is 23.2 Å². The molecule has 1 aromatic carbocycles. The number of ketones is 1. The van der Waals surface area contributed by atoms with Crippen molar-refractivity contribution in [3.8, 4) is 5.75 Å². The Labute approximate surface area is 115 Å². The van der Waals surface area contributed by atoms with Crippen LogP contribution in [0.5, 0.6) is 5.75 Å². The molecule has 6 heteroatoms. The highest BCUT2D eigenvalue weighted by Crippen LogP contribution is 2.31. The summed E-state index contributed by atoms with van der Waals surface area (Å²) in [5, 5.41) is 0.512. The van der Waals surface area contributed by atoms with Gasteiger partial charge in [-0.3, -0.25) is 4.79 Å². The summed E-state index contributed by atoms with van der Waals surface area (Å²) in [6.45, 7) is 3.00. The third kappa shape index (κ3) is 3.89. The van der Waals surface area contributed by atoms with E-state index in [1.807, 2.05) is 0 Å². The molecule has 0 atom stereocenters. The van der Waals surface area contributed by atoms with Crippen molar-refractivity contribution < 1.29 is 19.1 Å². The zero-order valence-corrected chi connectivity index (χ0v) is 11.5. The van der Waals surface area contributed by atoms with Crippen molar-refractivity contribution in [3.05, 3.63) is 27.7 Å². The predicted molar refractivity (Wildman–Crippen MR) is 68.6 cm³/mol. The van der Waals surface area contributed by atoms with Gasteiger partial charge in [0.2, 0.25) is 0 Å². The van der Waals surface area contributed by atoms with Gasteiger partial charge < -0.3 is 9.47 Å². The summed E-state index contributed by atoms with van der Waals surface area (Å²) < 4.78 is 9.92. The summed E-state index contributed by atoms with van der Waals surface area (Å²) in [6, 6.07) is 2.88. The molecule has 1 aromatic rings. The van der Waals surface area contributed by atoms with Crippen LogP contribution in [-0.4, -0.2) is 25.0 Å². The quantitative estimate of drug-likeness (QED) is 0.617. The van der Waals surface area contributed by atoms with Crippen LogP contribution in [0.4, 0.5) is 0 Å². The maximum absolute atomic E-state index is 11.4. The standard InChI is InChI=1S/C12H12Cl2O4/c1-3-17-11(16)6-18-10-5-8(13)4-9(14)12(10)7(2)15/h4-5H,3,6H2,1-2H3. The Kier molecular flexibility index (Phi) is 5.44. The van der Waals surface area contributed by atoms with E-state index in [9.17, 15) is 9.59 Å².